The smallest absolute Gasteiger partial charge is 0.253 e. The van der Waals surface area contributed by atoms with E-state index < -0.39 is 0 Å². The molecule has 0 aliphatic carbocycles. The minimum Gasteiger partial charge on any atom is -0.351 e. The first-order chi connectivity index (χ1) is 13.5. The Hall–Kier alpha value is -3.48. The van der Waals surface area contributed by atoms with Crippen LogP contribution in [0.15, 0.2) is 59.1 Å². The molecule has 28 heavy (non-hydrogen) atoms. The third kappa shape index (κ3) is 4.43. The molecule has 0 radical (unpaired) electrons. The summed E-state index contributed by atoms with van der Waals surface area (Å²) in [7, 11) is 3.37. The molecule has 1 atom stereocenters. The van der Waals surface area contributed by atoms with E-state index in [9.17, 15) is 9.59 Å². The number of benzene rings is 2. The third-order valence-corrected chi connectivity index (χ3v) is 4.26. The molecule has 0 aliphatic heterocycles. The third-order valence-electron chi connectivity index (χ3n) is 4.26. The van der Waals surface area contributed by atoms with Gasteiger partial charge in [-0.25, -0.2) is 0 Å². The average Bonchev–Trinajstić information content (AvgIpc) is 3.22. The SMILES string of the molecule is CC(CNC(=O)c1ccc(C(=O)N(C)C)cc1)c1nc(-c2ccccc2)no1. The van der Waals surface area contributed by atoms with Crippen LogP contribution in [0.25, 0.3) is 11.4 Å². The number of hydrogen-bond acceptors (Lipinski definition) is 5. The number of rotatable bonds is 6. The average molecular weight is 378 g/mol. The molecular weight excluding hydrogens is 356 g/mol. The summed E-state index contributed by atoms with van der Waals surface area (Å²) in [5.41, 5.74) is 1.90. The summed E-state index contributed by atoms with van der Waals surface area (Å²) in [6.45, 7) is 2.26. The summed E-state index contributed by atoms with van der Waals surface area (Å²) in [5.74, 6) is 0.522. The highest BCUT2D eigenvalue weighted by Gasteiger charge is 2.17. The highest BCUT2D eigenvalue weighted by Crippen LogP contribution is 2.19. The van der Waals surface area contributed by atoms with Gasteiger partial charge in [-0.1, -0.05) is 42.4 Å². The molecule has 0 spiro atoms. The van der Waals surface area contributed by atoms with E-state index in [-0.39, 0.29) is 17.7 Å². The molecule has 1 aromatic heterocycles. The Morgan fingerprint density at radius 1 is 1.04 bits per heavy atom. The predicted octanol–water partition coefficient (Wildman–Crippen LogP) is 2.97. The van der Waals surface area contributed by atoms with Crippen molar-refractivity contribution in [3.63, 3.8) is 0 Å². The predicted molar refractivity (Wildman–Crippen MR) is 105 cm³/mol. The van der Waals surface area contributed by atoms with E-state index in [4.69, 9.17) is 4.52 Å². The molecule has 1 unspecified atom stereocenters. The lowest BCUT2D eigenvalue weighted by Gasteiger charge is -2.11. The van der Waals surface area contributed by atoms with Gasteiger partial charge in [-0.3, -0.25) is 9.59 Å². The fourth-order valence-electron chi connectivity index (χ4n) is 2.60. The first-order valence-electron chi connectivity index (χ1n) is 8.94. The molecule has 0 saturated carbocycles. The maximum Gasteiger partial charge on any atom is 0.253 e. The van der Waals surface area contributed by atoms with Crippen LogP contribution in [0.4, 0.5) is 0 Å². The fraction of sp³-hybridized carbons (Fsp3) is 0.238. The molecule has 0 aliphatic rings. The van der Waals surface area contributed by atoms with Gasteiger partial charge in [0.25, 0.3) is 11.8 Å². The second kappa shape index (κ2) is 8.47. The first kappa shape index (κ1) is 19.3. The summed E-state index contributed by atoms with van der Waals surface area (Å²) < 4.78 is 5.33. The second-order valence-corrected chi connectivity index (χ2v) is 6.71. The van der Waals surface area contributed by atoms with Gasteiger partial charge >= 0.3 is 0 Å². The van der Waals surface area contributed by atoms with Crippen molar-refractivity contribution in [2.24, 2.45) is 0 Å². The number of carbonyl (C=O) groups is 2. The van der Waals surface area contributed by atoms with Gasteiger partial charge in [0.2, 0.25) is 11.7 Å². The largest absolute Gasteiger partial charge is 0.351 e. The van der Waals surface area contributed by atoms with E-state index in [1.165, 1.54) is 4.90 Å². The van der Waals surface area contributed by atoms with Gasteiger partial charge in [0.15, 0.2) is 0 Å². The van der Waals surface area contributed by atoms with Gasteiger partial charge in [-0.15, -0.1) is 0 Å². The minimum atomic E-state index is -0.224. The van der Waals surface area contributed by atoms with Crippen molar-refractivity contribution in [1.82, 2.24) is 20.4 Å². The molecule has 3 rings (SSSR count). The van der Waals surface area contributed by atoms with Crippen LogP contribution in [0.3, 0.4) is 0 Å². The normalized spacial score (nSPS) is 11.7. The van der Waals surface area contributed by atoms with Crippen molar-refractivity contribution in [2.75, 3.05) is 20.6 Å². The maximum absolute atomic E-state index is 12.3. The van der Waals surface area contributed by atoms with E-state index in [2.05, 4.69) is 15.5 Å². The summed E-state index contributed by atoms with van der Waals surface area (Å²) in [4.78, 5) is 30.2. The molecule has 7 nitrogen and oxygen atoms in total. The van der Waals surface area contributed by atoms with Crippen molar-refractivity contribution in [1.29, 1.82) is 0 Å². The summed E-state index contributed by atoms with van der Waals surface area (Å²) in [6, 6.07) is 16.1. The number of carbonyl (C=O) groups excluding carboxylic acids is 2. The Morgan fingerprint density at radius 2 is 1.68 bits per heavy atom. The zero-order chi connectivity index (χ0) is 20.1. The number of nitrogens with zero attached hydrogens (tertiary/aromatic N) is 3. The van der Waals surface area contributed by atoms with Crippen LogP contribution in [0.5, 0.6) is 0 Å². The van der Waals surface area contributed by atoms with Crippen LogP contribution < -0.4 is 5.32 Å². The van der Waals surface area contributed by atoms with Gasteiger partial charge in [-0.2, -0.15) is 4.98 Å². The Bertz CT molecular complexity index is 949. The molecule has 0 fully saturated rings. The van der Waals surface area contributed by atoms with E-state index in [0.717, 1.165) is 5.56 Å². The van der Waals surface area contributed by atoms with Crippen molar-refractivity contribution in [3.8, 4) is 11.4 Å². The van der Waals surface area contributed by atoms with E-state index >= 15 is 0 Å². The topological polar surface area (TPSA) is 88.3 Å². The molecular formula is C21H22N4O3. The molecule has 7 heteroatoms. The van der Waals surface area contributed by atoms with Crippen molar-refractivity contribution < 1.29 is 14.1 Å². The minimum absolute atomic E-state index is 0.105. The van der Waals surface area contributed by atoms with Crippen LogP contribution in [0, 0.1) is 0 Å². The zero-order valence-electron chi connectivity index (χ0n) is 16.0. The Labute approximate surface area is 163 Å². The van der Waals surface area contributed by atoms with Gasteiger partial charge in [-0.05, 0) is 24.3 Å². The first-order valence-corrected chi connectivity index (χ1v) is 8.94. The highest BCUT2D eigenvalue weighted by atomic mass is 16.5. The van der Waals surface area contributed by atoms with Crippen LogP contribution in [-0.4, -0.2) is 47.5 Å². The molecule has 3 aromatic rings. The molecule has 2 aromatic carbocycles. The maximum atomic E-state index is 12.3. The van der Waals surface area contributed by atoms with Crippen molar-refractivity contribution >= 4 is 11.8 Å². The quantitative estimate of drug-likeness (QED) is 0.712. The van der Waals surface area contributed by atoms with Crippen molar-refractivity contribution in [2.45, 2.75) is 12.8 Å². The summed E-state index contributed by atoms with van der Waals surface area (Å²) in [5, 5.41) is 6.85. The fourth-order valence-corrected chi connectivity index (χ4v) is 2.60. The zero-order valence-corrected chi connectivity index (χ0v) is 16.0. The highest BCUT2D eigenvalue weighted by molar-refractivity contribution is 5.97. The number of amides is 2. The summed E-state index contributed by atoms with van der Waals surface area (Å²) >= 11 is 0. The van der Waals surface area contributed by atoms with Crippen LogP contribution in [-0.2, 0) is 0 Å². The summed E-state index contributed by atoms with van der Waals surface area (Å²) in [6.07, 6.45) is 0. The van der Waals surface area contributed by atoms with E-state index in [0.29, 0.717) is 29.4 Å². The molecule has 2 amide bonds. The van der Waals surface area contributed by atoms with Gasteiger partial charge < -0.3 is 14.7 Å². The molecule has 1 heterocycles. The monoisotopic (exact) mass is 378 g/mol. The van der Waals surface area contributed by atoms with Crippen LogP contribution in [0.1, 0.15) is 39.4 Å². The van der Waals surface area contributed by atoms with Gasteiger partial charge in [0.1, 0.15) is 0 Å². The van der Waals surface area contributed by atoms with Crippen molar-refractivity contribution in [3.05, 3.63) is 71.6 Å². The lowest BCUT2D eigenvalue weighted by atomic mass is 10.1. The molecule has 1 N–H and O–H groups in total. The Balaban J connectivity index is 1.58. The Morgan fingerprint density at radius 3 is 2.32 bits per heavy atom. The Kier molecular flexibility index (Phi) is 5.84. The van der Waals surface area contributed by atoms with Crippen LogP contribution in [0.2, 0.25) is 0 Å². The van der Waals surface area contributed by atoms with E-state index in [1.807, 2.05) is 37.3 Å². The molecule has 144 valence electrons. The standard InChI is InChI=1S/C21H22N4O3/c1-14(20-23-18(24-28-20)15-7-5-4-6-8-15)13-22-19(26)16-9-11-17(12-10-16)21(27)25(2)3/h4-12,14H,13H2,1-3H3,(H,22,26). The number of nitrogens with one attached hydrogen (secondary N) is 1. The van der Waals surface area contributed by atoms with E-state index in [1.54, 1.807) is 38.4 Å². The number of aromatic nitrogens is 2. The van der Waals surface area contributed by atoms with Gasteiger partial charge in [0, 0.05) is 37.3 Å². The van der Waals surface area contributed by atoms with Crippen LogP contribution >= 0.6 is 0 Å². The van der Waals surface area contributed by atoms with Gasteiger partial charge in [0.05, 0.1) is 5.92 Å². The lowest BCUT2D eigenvalue weighted by molar-refractivity contribution is 0.0826. The number of hydrogen-bond donors (Lipinski definition) is 1. The lowest BCUT2D eigenvalue weighted by Crippen LogP contribution is -2.28. The second-order valence-electron chi connectivity index (χ2n) is 6.71. The molecule has 0 bridgehead atoms. The molecule has 0 saturated heterocycles.